The van der Waals surface area contributed by atoms with Crippen LogP contribution in [0.3, 0.4) is 0 Å². The smallest absolute Gasteiger partial charge is 0.410 e. The highest BCUT2D eigenvalue weighted by atomic mass is 16.6. The monoisotopic (exact) mass is 329 g/mol. The number of piperidine rings is 1. The molecule has 2 fully saturated rings. The van der Waals surface area contributed by atoms with Gasteiger partial charge >= 0.3 is 6.09 Å². The molecule has 2 heterocycles. The molecule has 5 nitrogen and oxygen atoms in total. The van der Waals surface area contributed by atoms with Crippen LogP contribution in [0, 0.1) is 11.8 Å². The van der Waals surface area contributed by atoms with Gasteiger partial charge in [0.05, 0.1) is 11.4 Å². The number of hydrogen-bond acceptors (Lipinski definition) is 4. The summed E-state index contributed by atoms with van der Waals surface area (Å²) in [6.07, 6.45) is 3.32. The second-order valence-electron chi connectivity index (χ2n) is 8.37. The fourth-order valence-electron chi connectivity index (χ4n) is 4.54. The standard InChI is InChI=1S/C19H27N3O2/c1-18(2,3)24-17(23)22-11-13-7-6-8-14(12-22)19(13)20-15-9-4-5-10-16(15)21-19/h4-5,9-10,13-14,20-21H,6-8,11-12H2,1-3H3. The summed E-state index contributed by atoms with van der Waals surface area (Å²) in [5.41, 5.74) is 1.81. The second kappa shape index (κ2) is 5.30. The second-order valence-corrected chi connectivity index (χ2v) is 8.37. The average Bonchev–Trinajstić information content (AvgIpc) is 2.83. The van der Waals surface area contributed by atoms with Crippen LogP contribution >= 0.6 is 0 Å². The van der Waals surface area contributed by atoms with Gasteiger partial charge in [-0.1, -0.05) is 18.6 Å². The van der Waals surface area contributed by atoms with Crippen molar-refractivity contribution >= 4 is 17.5 Å². The molecule has 1 spiro atoms. The maximum atomic E-state index is 12.5. The van der Waals surface area contributed by atoms with Gasteiger partial charge in [-0.25, -0.2) is 4.79 Å². The molecule has 2 atom stereocenters. The number of carbonyl (C=O) groups is 1. The first kappa shape index (κ1) is 15.6. The van der Waals surface area contributed by atoms with E-state index in [-0.39, 0.29) is 11.8 Å². The number of ether oxygens (including phenoxy) is 1. The van der Waals surface area contributed by atoms with E-state index in [1.165, 1.54) is 17.8 Å². The summed E-state index contributed by atoms with van der Waals surface area (Å²) in [6.45, 7) is 7.27. The van der Waals surface area contributed by atoms with E-state index in [0.29, 0.717) is 11.8 Å². The molecule has 1 saturated carbocycles. The first-order valence-electron chi connectivity index (χ1n) is 9.01. The molecule has 1 aromatic rings. The number of nitrogens with zero attached hydrogens (tertiary/aromatic N) is 1. The number of likely N-dealkylation sites (tertiary alicyclic amines) is 1. The highest BCUT2D eigenvalue weighted by Gasteiger charge is 2.55. The molecule has 2 bridgehead atoms. The minimum atomic E-state index is -0.443. The van der Waals surface area contributed by atoms with E-state index in [1.54, 1.807) is 0 Å². The summed E-state index contributed by atoms with van der Waals surface area (Å²) in [5.74, 6) is 0.787. The number of hydrogen-bond donors (Lipinski definition) is 2. The summed E-state index contributed by atoms with van der Waals surface area (Å²) < 4.78 is 5.60. The lowest BCUT2D eigenvalue weighted by Gasteiger charge is -2.54. The first-order valence-corrected chi connectivity index (χ1v) is 9.01. The lowest BCUT2D eigenvalue weighted by atomic mass is 9.68. The molecule has 1 aliphatic carbocycles. The van der Waals surface area contributed by atoms with Gasteiger partial charge in [0, 0.05) is 24.9 Å². The molecule has 3 aliphatic rings. The number of rotatable bonds is 0. The lowest BCUT2D eigenvalue weighted by Crippen LogP contribution is -2.66. The van der Waals surface area contributed by atoms with E-state index >= 15 is 0 Å². The molecule has 0 radical (unpaired) electrons. The summed E-state index contributed by atoms with van der Waals surface area (Å²) in [7, 11) is 0. The molecule has 2 unspecified atom stereocenters. The molecule has 2 N–H and O–H groups in total. The van der Waals surface area contributed by atoms with Gasteiger partial charge in [0.2, 0.25) is 0 Å². The van der Waals surface area contributed by atoms with Gasteiger partial charge in [-0.3, -0.25) is 0 Å². The Morgan fingerprint density at radius 3 is 2.17 bits per heavy atom. The van der Waals surface area contributed by atoms with Gasteiger partial charge < -0.3 is 20.3 Å². The quantitative estimate of drug-likeness (QED) is 0.758. The molecule has 1 saturated heterocycles. The van der Waals surface area contributed by atoms with E-state index in [2.05, 4.69) is 34.9 Å². The van der Waals surface area contributed by atoms with Crippen LogP contribution in [0.2, 0.25) is 0 Å². The molecular weight excluding hydrogens is 302 g/mol. The number of benzene rings is 1. The topological polar surface area (TPSA) is 53.6 Å². The number of amides is 1. The number of carbonyl (C=O) groups excluding carboxylic acids is 1. The van der Waals surface area contributed by atoms with Crippen LogP contribution in [0.25, 0.3) is 0 Å². The fourth-order valence-corrected chi connectivity index (χ4v) is 4.54. The average molecular weight is 329 g/mol. The van der Waals surface area contributed by atoms with Crippen LogP contribution in [0.5, 0.6) is 0 Å². The van der Waals surface area contributed by atoms with Gasteiger partial charge in [-0.2, -0.15) is 0 Å². The van der Waals surface area contributed by atoms with E-state index < -0.39 is 5.60 Å². The summed E-state index contributed by atoms with van der Waals surface area (Å²) in [6, 6.07) is 8.40. The zero-order valence-electron chi connectivity index (χ0n) is 14.8. The predicted molar refractivity (Wildman–Crippen MR) is 95.1 cm³/mol. The van der Waals surface area contributed by atoms with Gasteiger partial charge in [0.25, 0.3) is 0 Å². The molecule has 2 aliphatic heterocycles. The van der Waals surface area contributed by atoms with E-state index in [0.717, 1.165) is 25.9 Å². The Hall–Kier alpha value is -1.91. The van der Waals surface area contributed by atoms with Crippen LogP contribution in [-0.2, 0) is 4.74 Å². The SMILES string of the molecule is CC(C)(C)OC(=O)N1CC2CCCC(C1)C21Nc2ccccc2N1. The van der Waals surface area contributed by atoms with Gasteiger partial charge in [-0.05, 0) is 45.7 Å². The van der Waals surface area contributed by atoms with E-state index in [4.69, 9.17) is 4.74 Å². The number of fused-ring (bicyclic) bond motifs is 1. The van der Waals surface area contributed by atoms with Crippen molar-refractivity contribution in [1.29, 1.82) is 0 Å². The maximum Gasteiger partial charge on any atom is 0.410 e. The third-order valence-corrected chi connectivity index (χ3v) is 5.54. The predicted octanol–water partition coefficient (Wildman–Crippen LogP) is 3.89. The minimum absolute atomic E-state index is 0.111. The van der Waals surface area contributed by atoms with Crippen LogP contribution in [0.1, 0.15) is 40.0 Å². The van der Waals surface area contributed by atoms with Crippen LogP contribution in [0.15, 0.2) is 24.3 Å². The Balaban J connectivity index is 1.56. The van der Waals surface area contributed by atoms with Crippen molar-refractivity contribution in [2.75, 3.05) is 23.7 Å². The number of para-hydroxylation sites is 2. The Morgan fingerprint density at radius 2 is 1.67 bits per heavy atom. The zero-order chi connectivity index (χ0) is 16.9. The Kier molecular flexibility index (Phi) is 3.44. The van der Waals surface area contributed by atoms with Crippen LogP contribution < -0.4 is 10.6 Å². The zero-order valence-corrected chi connectivity index (χ0v) is 14.8. The van der Waals surface area contributed by atoms with Crippen molar-refractivity contribution in [2.24, 2.45) is 11.8 Å². The van der Waals surface area contributed by atoms with E-state index in [1.807, 2.05) is 25.7 Å². The molecule has 1 amide bonds. The summed E-state index contributed by atoms with van der Waals surface area (Å²) in [4.78, 5) is 14.4. The normalized spacial score (nSPS) is 27.2. The van der Waals surface area contributed by atoms with E-state index in [9.17, 15) is 4.79 Å². The molecular formula is C19H27N3O2. The van der Waals surface area contributed by atoms with Crippen molar-refractivity contribution in [1.82, 2.24) is 4.90 Å². The third kappa shape index (κ3) is 2.50. The lowest BCUT2D eigenvalue weighted by molar-refractivity contribution is -0.0127. The molecule has 4 rings (SSSR count). The maximum absolute atomic E-state index is 12.5. The molecule has 5 heteroatoms. The highest BCUT2D eigenvalue weighted by molar-refractivity contribution is 5.77. The van der Waals surface area contributed by atoms with Crippen molar-refractivity contribution < 1.29 is 9.53 Å². The van der Waals surface area contributed by atoms with Gasteiger partial charge in [-0.15, -0.1) is 0 Å². The summed E-state index contributed by atoms with van der Waals surface area (Å²) >= 11 is 0. The molecule has 24 heavy (non-hydrogen) atoms. The Bertz CT molecular complexity index is 611. The molecule has 1 aromatic carbocycles. The van der Waals surface area contributed by atoms with Crippen LogP contribution in [0.4, 0.5) is 16.2 Å². The van der Waals surface area contributed by atoms with Crippen molar-refractivity contribution in [3.8, 4) is 0 Å². The third-order valence-electron chi connectivity index (χ3n) is 5.54. The minimum Gasteiger partial charge on any atom is -0.444 e. The Morgan fingerprint density at radius 1 is 1.12 bits per heavy atom. The number of anilines is 2. The fraction of sp³-hybridized carbons (Fsp3) is 0.632. The first-order chi connectivity index (χ1) is 11.4. The highest BCUT2D eigenvalue weighted by Crippen LogP contribution is 2.50. The van der Waals surface area contributed by atoms with Crippen LogP contribution in [-0.4, -0.2) is 35.3 Å². The van der Waals surface area contributed by atoms with Crippen molar-refractivity contribution in [3.63, 3.8) is 0 Å². The Labute approximate surface area is 143 Å². The largest absolute Gasteiger partial charge is 0.444 e. The molecule has 0 aromatic heterocycles. The van der Waals surface area contributed by atoms with Gasteiger partial charge in [0.1, 0.15) is 11.3 Å². The van der Waals surface area contributed by atoms with Crippen molar-refractivity contribution in [3.05, 3.63) is 24.3 Å². The van der Waals surface area contributed by atoms with Gasteiger partial charge in [0.15, 0.2) is 0 Å². The molecule has 130 valence electrons. The van der Waals surface area contributed by atoms with Crippen molar-refractivity contribution in [2.45, 2.75) is 51.3 Å². The summed E-state index contributed by atoms with van der Waals surface area (Å²) in [5, 5.41) is 7.54. The number of nitrogens with one attached hydrogen (secondary N) is 2.